The van der Waals surface area contributed by atoms with E-state index in [9.17, 15) is 4.39 Å². The van der Waals surface area contributed by atoms with E-state index < -0.39 is 0 Å². The first-order valence-electron chi connectivity index (χ1n) is 5.12. The number of halogens is 1. The van der Waals surface area contributed by atoms with Gasteiger partial charge in [-0.05, 0) is 54.9 Å². The molecule has 0 fully saturated rings. The van der Waals surface area contributed by atoms with Gasteiger partial charge in [0, 0.05) is 0 Å². The van der Waals surface area contributed by atoms with Crippen LogP contribution in [0.4, 0.5) is 4.39 Å². The van der Waals surface area contributed by atoms with Crippen LogP contribution in [0, 0.1) is 5.82 Å². The lowest BCUT2D eigenvalue weighted by Crippen LogP contribution is -2.07. The van der Waals surface area contributed by atoms with Crippen molar-refractivity contribution in [2.75, 3.05) is 0 Å². The second-order valence-corrected chi connectivity index (χ2v) is 3.72. The molecule has 1 aliphatic rings. The van der Waals surface area contributed by atoms with Crippen molar-refractivity contribution >= 4 is 0 Å². The molecule has 0 spiro atoms. The van der Waals surface area contributed by atoms with Crippen LogP contribution >= 0.6 is 0 Å². The van der Waals surface area contributed by atoms with Crippen LogP contribution in [0.25, 0.3) is 0 Å². The summed E-state index contributed by atoms with van der Waals surface area (Å²) in [5.74, 6) is -0.0110. The molecule has 0 bridgehead atoms. The van der Waals surface area contributed by atoms with Crippen molar-refractivity contribution in [3.63, 3.8) is 0 Å². The highest BCUT2D eigenvalue weighted by Crippen LogP contribution is 2.26. The lowest BCUT2D eigenvalue weighted by atomic mass is 9.87. The third-order valence-corrected chi connectivity index (χ3v) is 2.95. The van der Waals surface area contributed by atoms with E-state index in [2.05, 4.69) is 0 Å². The highest BCUT2D eigenvalue weighted by atomic mass is 19.1. The van der Waals surface area contributed by atoms with Crippen LogP contribution in [-0.4, -0.2) is 0 Å². The van der Waals surface area contributed by atoms with Crippen molar-refractivity contribution in [3.8, 4) is 0 Å². The Bertz CT molecular complexity index is 315. The minimum absolute atomic E-state index is 0.0110. The van der Waals surface area contributed by atoms with Crippen LogP contribution in [-0.2, 0) is 19.3 Å². The Balaban J connectivity index is 2.52. The Morgan fingerprint density at radius 3 is 2.77 bits per heavy atom. The average Bonchev–Trinajstić information content (AvgIpc) is 2.18. The van der Waals surface area contributed by atoms with E-state index in [0.717, 1.165) is 24.8 Å². The van der Waals surface area contributed by atoms with E-state index in [0.29, 0.717) is 0 Å². The maximum atomic E-state index is 13.4. The van der Waals surface area contributed by atoms with Gasteiger partial charge in [0.25, 0.3) is 0 Å². The summed E-state index contributed by atoms with van der Waals surface area (Å²) in [6.45, 7) is 2.04. The van der Waals surface area contributed by atoms with E-state index >= 15 is 0 Å². The topological polar surface area (TPSA) is 0 Å². The van der Waals surface area contributed by atoms with Crippen LogP contribution in [0.2, 0.25) is 0 Å². The minimum Gasteiger partial charge on any atom is -0.207 e. The Hall–Kier alpha value is -0.850. The molecule has 70 valence electrons. The van der Waals surface area contributed by atoms with Gasteiger partial charge in [0.1, 0.15) is 5.82 Å². The van der Waals surface area contributed by atoms with Crippen LogP contribution in [0.1, 0.15) is 36.5 Å². The number of hydrogen-bond donors (Lipinski definition) is 0. The zero-order valence-electron chi connectivity index (χ0n) is 8.07. The van der Waals surface area contributed by atoms with Gasteiger partial charge in [-0.15, -0.1) is 0 Å². The summed E-state index contributed by atoms with van der Waals surface area (Å²) in [4.78, 5) is 0. The fraction of sp³-hybridized carbons (Fsp3) is 0.500. The molecule has 0 N–H and O–H groups in total. The van der Waals surface area contributed by atoms with Gasteiger partial charge in [-0.2, -0.15) is 0 Å². The summed E-state index contributed by atoms with van der Waals surface area (Å²) in [6.07, 6.45) is 5.54. The van der Waals surface area contributed by atoms with Crippen molar-refractivity contribution in [2.45, 2.75) is 39.0 Å². The van der Waals surface area contributed by atoms with Crippen molar-refractivity contribution in [1.82, 2.24) is 0 Å². The Kier molecular flexibility index (Phi) is 2.34. The number of aryl methyl sites for hydroxylation is 1. The first-order valence-corrected chi connectivity index (χ1v) is 5.12. The SMILES string of the molecule is CCc1c(F)ccc2c1CCCC2. The summed E-state index contributed by atoms with van der Waals surface area (Å²) in [5, 5.41) is 0. The van der Waals surface area contributed by atoms with Gasteiger partial charge in [0.2, 0.25) is 0 Å². The zero-order chi connectivity index (χ0) is 9.26. The van der Waals surface area contributed by atoms with Gasteiger partial charge in [0.05, 0.1) is 0 Å². The summed E-state index contributed by atoms with van der Waals surface area (Å²) in [7, 11) is 0. The Morgan fingerprint density at radius 1 is 1.23 bits per heavy atom. The molecule has 1 aromatic rings. The maximum Gasteiger partial charge on any atom is 0.126 e. The van der Waals surface area contributed by atoms with E-state index in [-0.39, 0.29) is 5.82 Å². The summed E-state index contributed by atoms with van der Waals surface area (Å²) in [6, 6.07) is 3.59. The molecule has 1 aliphatic carbocycles. The van der Waals surface area contributed by atoms with Crippen LogP contribution in [0.3, 0.4) is 0 Å². The fourth-order valence-electron chi connectivity index (χ4n) is 2.26. The zero-order valence-corrected chi connectivity index (χ0v) is 8.07. The molecule has 0 aliphatic heterocycles. The Morgan fingerprint density at radius 2 is 2.00 bits per heavy atom. The minimum atomic E-state index is -0.0110. The quantitative estimate of drug-likeness (QED) is 0.619. The average molecular weight is 178 g/mol. The molecule has 0 heterocycles. The molecule has 0 saturated carbocycles. The molecule has 0 aromatic heterocycles. The predicted octanol–water partition coefficient (Wildman–Crippen LogP) is 3.27. The third kappa shape index (κ3) is 1.48. The van der Waals surface area contributed by atoms with Crippen LogP contribution in [0.5, 0.6) is 0 Å². The first kappa shape index (κ1) is 8.74. The van der Waals surface area contributed by atoms with Gasteiger partial charge in [-0.1, -0.05) is 13.0 Å². The van der Waals surface area contributed by atoms with Gasteiger partial charge in [0.15, 0.2) is 0 Å². The molecule has 1 heteroatoms. The third-order valence-electron chi connectivity index (χ3n) is 2.95. The summed E-state index contributed by atoms with van der Waals surface area (Å²) >= 11 is 0. The second kappa shape index (κ2) is 3.49. The maximum absolute atomic E-state index is 13.4. The van der Waals surface area contributed by atoms with Crippen molar-refractivity contribution in [2.24, 2.45) is 0 Å². The van der Waals surface area contributed by atoms with Gasteiger partial charge < -0.3 is 0 Å². The van der Waals surface area contributed by atoms with Crippen LogP contribution in [0.15, 0.2) is 12.1 Å². The second-order valence-electron chi connectivity index (χ2n) is 3.72. The number of hydrogen-bond acceptors (Lipinski definition) is 0. The first-order chi connectivity index (χ1) is 6.33. The fourth-order valence-corrected chi connectivity index (χ4v) is 2.26. The monoisotopic (exact) mass is 178 g/mol. The molecule has 0 saturated heterocycles. The molecular weight excluding hydrogens is 163 g/mol. The smallest absolute Gasteiger partial charge is 0.126 e. The molecule has 13 heavy (non-hydrogen) atoms. The standard InChI is InChI=1S/C12H15F/c1-2-10-11-6-4-3-5-9(11)7-8-12(10)13/h7-8H,2-6H2,1H3. The molecule has 1 aromatic carbocycles. The van der Waals surface area contributed by atoms with E-state index in [4.69, 9.17) is 0 Å². The summed E-state index contributed by atoms with van der Waals surface area (Å²) in [5.41, 5.74) is 3.63. The Labute approximate surface area is 78.8 Å². The van der Waals surface area contributed by atoms with Crippen LogP contribution < -0.4 is 0 Å². The predicted molar refractivity (Wildman–Crippen MR) is 52.4 cm³/mol. The lowest BCUT2D eigenvalue weighted by Gasteiger charge is -2.19. The molecular formula is C12H15F. The van der Waals surface area contributed by atoms with Gasteiger partial charge in [-0.25, -0.2) is 4.39 Å². The van der Waals surface area contributed by atoms with Crippen molar-refractivity contribution in [3.05, 3.63) is 34.6 Å². The van der Waals surface area contributed by atoms with Crippen molar-refractivity contribution in [1.29, 1.82) is 0 Å². The summed E-state index contributed by atoms with van der Waals surface area (Å²) < 4.78 is 13.4. The van der Waals surface area contributed by atoms with Crippen molar-refractivity contribution < 1.29 is 4.39 Å². The molecule has 2 rings (SSSR count). The van der Waals surface area contributed by atoms with E-state index in [1.807, 2.05) is 13.0 Å². The molecule has 0 atom stereocenters. The lowest BCUT2D eigenvalue weighted by molar-refractivity contribution is 0.595. The van der Waals surface area contributed by atoms with E-state index in [1.54, 1.807) is 6.07 Å². The molecule has 0 nitrogen and oxygen atoms in total. The molecule has 0 unspecified atom stereocenters. The number of benzene rings is 1. The number of rotatable bonds is 1. The highest BCUT2D eigenvalue weighted by molar-refractivity contribution is 5.38. The number of fused-ring (bicyclic) bond motifs is 1. The van der Waals surface area contributed by atoms with Gasteiger partial charge in [-0.3, -0.25) is 0 Å². The molecule has 0 amide bonds. The van der Waals surface area contributed by atoms with Gasteiger partial charge >= 0.3 is 0 Å². The van der Waals surface area contributed by atoms with E-state index in [1.165, 1.54) is 24.0 Å². The normalized spacial score (nSPS) is 15.5. The molecule has 0 radical (unpaired) electrons. The highest BCUT2D eigenvalue weighted by Gasteiger charge is 2.14. The largest absolute Gasteiger partial charge is 0.207 e.